The average Bonchev–Trinajstić information content (AvgIpc) is 3.16. The van der Waals surface area contributed by atoms with Gasteiger partial charge in [-0.1, -0.05) is 12.1 Å². The van der Waals surface area contributed by atoms with Crippen molar-refractivity contribution in [2.24, 2.45) is 12.5 Å². The Morgan fingerprint density at radius 3 is 2.69 bits per heavy atom. The van der Waals surface area contributed by atoms with Gasteiger partial charge in [0.25, 0.3) is 0 Å². The van der Waals surface area contributed by atoms with Gasteiger partial charge in [-0.05, 0) is 74.2 Å². The number of nitrogen functional groups attached to an aromatic ring is 1. The molecule has 5 heterocycles. The van der Waals surface area contributed by atoms with Crippen LogP contribution in [0.4, 0.5) is 11.5 Å². The number of ether oxygens (including phenoxy) is 1. The lowest BCUT2D eigenvalue weighted by atomic mass is 9.73. The van der Waals surface area contributed by atoms with Crippen molar-refractivity contribution in [2.45, 2.75) is 50.7 Å². The number of aromatic nitrogens is 3. The van der Waals surface area contributed by atoms with E-state index in [4.69, 9.17) is 10.5 Å². The molecule has 0 aliphatic carbocycles. The van der Waals surface area contributed by atoms with E-state index in [0.717, 1.165) is 81.5 Å². The number of para-hydroxylation sites is 1. The van der Waals surface area contributed by atoms with E-state index in [1.54, 1.807) is 0 Å². The molecule has 8 heteroatoms. The van der Waals surface area contributed by atoms with Gasteiger partial charge in [0.1, 0.15) is 5.82 Å². The highest BCUT2D eigenvalue weighted by atomic mass is 16.5. The van der Waals surface area contributed by atoms with Gasteiger partial charge in [0.15, 0.2) is 0 Å². The minimum absolute atomic E-state index is 0.0958. The normalized spacial score (nSPS) is 24.8. The number of anilines is 2. The van der Waals surface area contributed by atoms with Crippen LogP contribution < -0.4 is 21.6 Å². The van der Waals surface area contributed by atoms with E-state index in [2.05, 4.69) is 33.4 Å². The number of pyridine rings is 1. The van der Waals surface area contributed by atoms with Crippen LogP contribution in [-0.4, -0.2) is 46.9 Å². The fourth-order valence-electron chi connectivity index (χ4n) is 6.44. The van der Waals surface area contributed by atoms with Crippen LogP contribution in [0, 0.1) is 5.41 Å². The molecular weight excluding hydrogens is 440 g/mol. The van der Waals surface area contributed by atoms with Gasteiger partial charge in [0, 0.05) is 32.9 Å². The second-order valence-corrected chi connectivity index (χ2v) is 10.7. The van der Waals surface area contributed by atoms with E-state index in [0.29, 0.717) is 5.82 Å². The summed E-state index contributed by atoms with van der Waals surface area (Å²) in [5.41, 5.74) is 10.5. The molecule has 1 unspecified atom stereocenters. The second kappa shape index (κ2) is 8.99. The van der Waals surface area contributed by atoms with E-state index in [-0.39, 0.29) is 23.3 Å². The van der Waals surface area contributed by atoms with Crippen LogP contribution in [0.1, 0.15) is 56.2 Å². The predicted molar refractivity (Wildman–Crippen MR) is 139 cm³/mol. The smallest absolute Gasteiger partial charge is 0.329 e. The number of piperidine rings is 2. The Labute approximate surface area is 206 Å². The topological polar surface area (TPSA) is 90.3 Å². The third-order valence-electron chi connectivity index (χ3n) is 8.59. The Morgan fingerprint density at radius 2 is 2.00 bits per heavy atom. The summed E-state index contributed by atoms with van der Waals surface area (Å²) in [5.74, 6) is 0.548. The van der Waals surface area contributed by atoms with Crippen molar-refractivity contribution < 1.29 is 4.74 Å². The molecule has 8 nitrogen and oxygen atoms in total. The number of nitrogens with two attached hydrogens (primary N) is 1. The Hall–Kier alpha value is -2.84. The molecule has 3 aliphatic heterocycles. The van der Waals surface area contributed by atoms with Crippen molar-refractivity contribution in [3.05, 3.63) is 52.6 Å². The summed E-state index contributed by atoms with van der Waals surface area (Å²) >= 11 is 0. The molecule has 2 aromatic heterocycles. The summed E-state index contributed by atoms with van der Waals surface area (Å²) in [6.07, 6.45) is 8.53. The number of hydrogen-bond donors (Lipinski definition) is 2. The molecule has 186 valence electrons. The molecule has 2 atom stereocenters. The molecule has 6 rings (SSSR count). The van der Waals surface area contributed by atoms with Gasteiger partial charge < -0.3 is 20.7 Å². The van der Waals surface area contributed by atoms with Gasteiger partial charge >= 0.3 is 5.69 Å². The third-order valence-corrected chi connectivity index (χ3v) is 8.59. The number of nitrogens with zero attached hydrogens (tertiary/aromatic N) is 4. The van der Waals surface area contributed by atoms with Gasteiger partial charge in [-0.25, -0.2) is 9.78 Å². The van der Waals surface area contributed by atoms with Crippen molar-refractivity contribution in [2.75, 3.05) is 43.4 Å². The average molecular weight is 477 g/mol. The highest BCUT2D eigenvalue weighted by Gasteiger charge is 2.40. The summed E-state index contributed by atoms with van der Waals surface area (Å²) in [6, 6.07) is 10.5. The van der Waals surface area contributed by atoms with Crippen molar-refractivity contribution >= 4 is 22.5 Å². The maximum absolute atomic E-state index is 13.3. The zero-order valence-corrected chi connectivity index (χ0v) is 20.6. The molecule has 3 N–H and O–H groups in total. The zero-order valence-electron chi connectivity index (χ0n) is 20.6. The van der Waals surface area contributed by atoms with Gasteiger partial charge in [-0.15, -0.1) is 0 Å². The Morgan fingerprint density at radius 1 is 1.14 bits per heavy atom. The van der Waals surface area contributed by atoms with Crippen molar-refractivity contribution in [1.82, 2.24) is 19.4 Å². The Kier molecular flexibility index (Phi) is 5.81. The van der Waals surface area contributed by atoms with Crippen molar-refractivity contribution in [3.63, 3.8) is 0 Å². The Bertz CT molecular complexity index is 1240. The minimum atomic E-state index is 0.0958. The second-order valence-electron chi connectivity index (χ2n) is 10.7. The molecule has 0 saturated carbocycles. The molecule has 3 fully saturated rings. The van der Waals surface area contributed by atoms with Crippen molar-refractivity contribution in [1.29, 1.82) is 0 Å². The van der Waals surface area contributed by atoms with Crippen LogP contribution in [0.3, 0.4) is 0 Å². The monoisotopic (exact) mass is 476 g/mol. The molecule has 0 bridgehead atoms. The van der Waals surface area contributed by atoms with E-state index in [1.165, 1.54) is 12.1 Å². The standard InChI is InChI=1S/C27H36N6O2/c1-31-25-21(5-2-6-22(25)33(26(31)34)20-4-3-13-29-17-20)32-14-11-27(12-15-32)10-9-23(35-18-27)19-7-8-24(28)30-16-19/h2,5-8,16,20,23,29H,3-4,9-15,17-18H2,1H3,(H2,28,30)/t20?,23-/m1/s1. The highest BCUT2D eigenvalue weighted by molar-refractivity contribution is 5.90. The first-order valence-electron chi connectivity index (χ1n) is 13.0. The first-order valence-corrected chi connectivity index (χ1v) is 13.0. The van der Waals surface area contributed by atoms with Crippen molar-refractivity contribution in [3.8, 4) is 0 Å². The molecule has 35 heavy (non-hydrogen) atoms. The van der Waals surface area contributed by atoms with Gasteiger partial charge in [-0.2, -0.15) is 0 Å². The SMILES string of the molecule is Cn1c(=O)n(C2CCCNC2)c2cccc(N3CCC4(CC[C@H](c5ccc(N)nc5)OC4)CC3)c21. The number of hydrogen-bond acceptors (Lipinski definition) is 6. The van der Waals surface area contributed by atoms with Gasteiger partial charge in [0.2, 0.25) is 0 Å². The molecule has 0 amide bonds. The maximum atomic E-state index is 13.3. The predicted octanol–water partition coefficient (Wildman–Crippen LogP) is 3.38. The molecule has 3 aliphatic rings. The van der Waals surface area contributed by atoms with Crippen LogP contribution in [-0.2, 0) is 11.8 Å². The first-order chi connectivity index (χ1) is 17.0. The summed E-state index contributed by atoms with van der Waals surface area (Å²) in [7, 11) is 1.92. The van der Waals surface area contributed by atoms with E-state index in [9.17, 15) is 4.79 Å². The number of imidazole rings is 1. The maximum Gasteiger partial charge on any atom is 0.329 e. The molecule has 1 aromatic carbocycles. The number of aryl methyl sites for hydroxylation is 1. The highest BCUT2D eigenvalue weighted by Crippen LogP contribution is 2.45. The summed E-state index contributed by atoms with van der Waals surface area (Å²) in [4.78, 5) is 20.0. The lowest BCUT2D eigenvalue weighted by Gasteiger charge is -2.46. The van der Waals surface area contributed by atoms with Crippen LogP contribution in [0.5, 0.6) is 0 Å². The van der Waals surface area contributed by atoms with Gasteiger partial charge in [0.05, 0.1) is 35.5 Å². The molecule has 3 saturated heterocycles. The number of nitrogens with one attached hydrogen (secondary N) is 1. The minimum Gasteiger partial charge on any atom is -0.384 e. The van der Waals surface area contributed by atoms with Gasteiger partial charge in [-0.3, -0.25) is 9.13 Å². The van der Waals surface area contributed by atoms with Crippen LogP contribution in [0.25, 0.3) is 11.0 Å². The Balaban J connectivity index is 1.19. The van der Waals surface area contributed by atoms with E-state index >= 15 is 0 Å². The number of rotatable bonds is 3. The van der Waals surface area contributed by atoms with E-state index in [1.807, 2.05) is 34.5 Å². The third kappa shape index (κ3) is 4.02. The molecular formula is C27H36N6O2. The largest absolute Gasteiger partial charge is 0.384 e. The number of benzene rings is 1. The fraction of sp³-hybridized carbons (Fsp3) is 0.556. The van der Waals surface area contributed by atoms with Crippen LogP contribution in [0.15, 0.2) is 41.3 Å². The fourth-order valence-corrected chi connectivity index (χ4v) is 6.44. The van der Waals surface area contributed by atoms with E-state index < -0.39 is 0 Å². The van der Waals surface area contributed by atoms with Crippen LogP contribution in [0.2, 0.25) is 0 Å². The van der Waals surface area contributed by atoms with Crippen LogP contribution >= 0.6 is 0 Å². The molecule has 1 spiro atoms. The quantitative estimate of drug-likeness (QED) is 0.602. The summed E-state index contributed by atoms with van der Waals surface area (Å²) < 4.78 is 10.2. The molecule has 3 aromatic rings. The first kappa shape index (κ1) is 22.6. The lowest BCUT2D eigenvalue weighted by molar-refractivity contribution is -0.0740. The zero-order chi connectivity index (χ0) is 24.0. The summed E-state index contributed by atoms with van der Waals surface area (Å²) in [5, 5.41) is 3.46. The number of fused-ring (bicyclic) bond motifs is 1. The summed E-state index contributed by atoms with van der Waals surface area (Å²) in [6.45, 7) is 4.67. The molecule has 0 radical (unpaired) electrons. The lowest BCUT2D eigenvalue weighted by Crippen LogP contribution is -2.44.